The Morgan fingerprint density at radius 3 is 2.37 bits per heavy atom. The number of rotatable bonds is 4. The fraction of sp³-hybridized carbons (Fsp3) is 0.500. The van der Waals surface area contributed by atoms with Crippen molar-refractivity contribution in [1.29, 1.82) is 0 Å². The molecule has 0 bridgehead atoms. The molecule has 2 atom stereocenters. The van der Waals surface area contributed by atoms with Gasteiger partial charge in [0.1, 0.15) is 0 Å². The van der Waals surface area contributed by atoms with Gasteiger partial charge in [-0.1, -0.05) is 31.1 Å². The Morgan fingerprint density at radius 2 is 1.89 bits per heavy atom. The lowest BCUT2D eigenvalue weighted by Gasteiger charge is -2.59. The van der Waals surface area contributed by atoms with Gasteiger partial charge in [-0.15, -0.1) is 0 Å². The van der Waals surface area contributed by atoms with Gasteiger partial charge in [0.25, 0.3) is 5.91 Å². The van der Waals surface area contributed by atoms with E-state index in [1.54, 1.807) is 7.11 Å². The molecule has 0 aliphatic heterocycles. The Morgan fingerprint density at radius 1 is 1.26 bits per heavy atom. The summed E-state index contributed by atoms with van der Waals surface area (Å²) in [5.74, 6) is -1.86. The number of nitrogens with zero attached hydrogens (tertiary/aromatic N) is 2. The van der Waals surface area contributed by atoms with Gasteiger partial charge in [-0.25, -0.2) is 0 Å². The molecular formula is C18H20F3N3O3. The molecule has 1 saturated carbocycles. The molecule has 146 valence electrons. The summed E-state index contributed by atoms with van der Waals surface area (Å²) in [4.78, 5) is 15.8. The van der Waals surface area contributed by atoms with Crippen LogP contribution in [0.15, 0.2) is 28.8 Å². The van der Waals surface area contributed by atoms with Crippen molar-refractivity contribution in [2.24, 2.45) is 5.41 Å². The van der Waals surface area contributed by atoms with Gasteiger partial charge in [-0.3, -0.25) is 4.79 Å². The molecule has 0 unspecified atom stereocenters. The molecule has 6 nitrogen and oxygen atoms in total. The van der Waals surface area contributed by atoms with E-state index in [4.69, 9.17) is 4.74 Å². The third kappa shape index (κ3) is 3.31. The molecule has 0 radical (unpaired) electrons. The first kappa shape index (κ1) is 19.3. The molecule has 2 aromatic rings. The van der Waals surface area contributed by atoms with Crippen molar-refractivity contribution in [2.75, 3.05) is 7.11 Å². The summed E-state index contributed by atoms with van der Waals surface area (Å²) < 4.78 is 47.4. The third-order valence-electron chi connectivity index (χ3n) is 5.66. The van der Waals surface area contributed by atoms with E-state index >= 15 is 0 Å². The maximum Gasteiger partial charge on any atom is 0.471 e. The Hall–Kier alpha value is -2.42. The zero-order valence-electron chi connectivity index (χ0n) is 15.3. The van der Waals surface area contributed by atoms with Crippen LogP contribution in [-0.2, 0) is 10.9 Å². The van der Waals surface area contributed by atoms with E-state index in [2.05, 4.69) is 20.0 Å². The van der Waals surface area contributed by atoms with Crippen LogP contribution in [0.5, 0.6) is 0 Å². The summed E-state index contributed by atoms with van der Waals surface area (Å²) in [6.45, 7) is 6.07. The quantitative estimate of drug-likeness (QED) is 0.871. The number of aromatic nitrogens is 2. The molecule has 1 fully saturated rings. The minimum atomic E-state index is -4.70. The largest absolute Gasteiger partial charge is 0.471 e. The smallest absolute Gasteiger partial charge is 0.378 e. The first-order chi connectivity index (χ1) is 12.5. The molecule has 1 heterocycles. The Kier molecular flexibility index (Phi) is 4.54. The minimum absolute atomic E-state index is 0.0406. The number of hydrogen-bond acceptors (Lipinski definition) is 5. The molecule has 1 aromatic carbocycles. The Balaban J connectivity index is 1.69. The molecule has 0 saturated heterocycles. The average molecular weight is 383 g/mol. The van der Waals surface area contributed by atoms with Crippen LogP contribution in [0.1, 0.15) is 43.4 Å². The highest BCUT2D eigenvalue weighted by molar-refractivity contribution is 5.95. The number of hydrogen-bond donors (Lipinski definition) is 1. The van der Waals surface area contributed by atoms with E-state index in [0.29, 0.717) is 17.5 Å². The van der Waals surface area contributed by atoms with Gasteiger partial charge < -0.3 is 14.6 Å². The minimum Gasteiger partial charge on any atom is -0.378 e. The summed E-state index contributed by atoms with van der Waals surface area (Å²) >= 11 is 0. The van der Waals surface area contributed by atoms with Crippen molar-refractivity contribution in [3.63, 3.8) is 0 Å². The zero-order chi connectivity index (χ0) is 20.0. The second kappa shape index (κ2) is 6.33. The highest BCUT2D eigenvalue weighted by Crippen LogP contribution is 2.51. The van der Waals surface area contributed by atoms with Gasteiger partial charge in [-0.05, 0) is 25.5 Å². The maximum absolute atomic E-state index is 12.5. The summed E-state index contributed by atoms with van der Waals surface area (Å²) in [5, 5.41) is 6.30. The van der Waals surface area contributed by atoms with Crippen molar-refractivity contribution in [3.05, 3.63) is 35.7 Å². The van der Waals surface area contributed by atoms with Gasteiger partial charge in [-0.2, -0.15) is 18.2 Å². The normalized spacial score (nSPS) is 24.3. The lowest BCUT2D eigenvalue weighted by atomic mass is 9.56. The SMILES string of the molecule is CO[C@@]1(C)C[C@@H](NC(=O)c2ccc(-c3noc(C(F)(F)F)n3)cc2)C1(C)C. The van der Waals surface area contributed by atoms with Crippen molar-refractivity contribution in [3.8, 4) is 11.4 Å². The fourth-order valence-electron chi connectivity index (χ4n) is 3.19. The number of benzene rings is 1. The summed E-state index contributed by atoms with van der Waals surface area (Å²) in [6.07, 6.45) is -4.00. The Labute approximate surface area is 154 Å². The number of halogens is 3. The molecule has 0 spiro atoms. The van der Waals surface area contributed by atoms with Crippen LogP contribution in [0.25, 0.3) is 11.4 Å². The van der Waals surface area contributed by atoms with Crippen LogP contribution in [0.2, 0.25) is 0 Å². The monoisotopic (exact) mass is 383 g/mol. The topological polar surface area (TPSA) is 77.2 Å². The van der Waals surface area contributed by atoms with E-state index in [0.717, 1.165) is 0 Å². The zero-order valence-corrected chi connectivity index (χ0v) is 15.3. The van der Waals surface area contributed by atoms with Crippen LogP contribution in [0.4, 0.5) is 13.2 Å². The number of ether oxygens (including phenoxy) is 1. The van der Waals surface area contributed by atoms with Gasteiger partial charge >= 0.3 is 12.1 Å². The molecule has 27 heavy (non-hydrogen) atoms. The molecule has 3 rings (SSSR count). The van der Waals surface area contributed by atoms with Crippen LogP contribution >= 0.6 is 0 Å². The summed E-state index contributed by atoms with van der Waals surface area (Å²) in [7, 11) is 1.65. The predicted molar refractivity (Wildman–Crippen MR) is 89.8 cm³/mol. The standard InChI is InChI=1S/C18H20F3N3O3/c1-16(2)12(9-17(16,3)26-4)22-14(25)11-7-5-10(6-8-11)13-23-15(27-24-13)18(19,20)21/h5-8,12H,9H2,1-4H3,(H,22,25)/t12-,17+/m1/s1. The number of alkyl halides is 3. The van der Waals surface area contributed by atoms with E-state index in [1.165, 1.54) is 24.3 Å². The predicted octanol–water partition coefficient (Wildman–Crippen LogP) is 3.69. The van der Waals surface area contributed by atoms with Gasteiger partial charge in [0, 0.05) is 29.7 Å². The summed E-state index contributed by atoms with van der Waals surface area (Å²) in [6, 6.07) is 5.93. The molecule has 1 aliphatic rings. The maximum atomic E-state index is 12.5. The second-order valence-electron chi connectivity index (χ2n) is 7.39. The van der Waals surface area contributed by atoms with E-state index < -0.39 is 12.1 Å². The number of nitrogens with one attached hydrogen (secondary N) is 1. The number of amides is 1. The molecular weight excluding hydrogens is 363 g/mol. The van der Waals surface area contributed by atoms with E-state index in [9.17, 15) is 18.0 Å². The Bertz CT molecular complexity index is 846. The average Bonchev–Trinajstić information content (AvgIpc) is 3.11. The van der Waals surface area contributed by atoms with Crippen LogP contribution in [0, 0.1) is 5.41 Å². The molecule has 1 amide bonds. The van der Waals surface area contributed by atoms with E-state index in [1.807, 2.05) is 20.8 Å². The fourth-order valence-corrected chi connectivity index (χ4v) is 3.19. The van der Waals surface area contributed by atoms with Crippen molar-refractivity contribution < 1.29 is 27.2 Å². The van der Waals surface area contributed by atoms with Crippen LogP contribution in [-0.4, -0.2) is 34.8 Å². The van der Waals surface area contributed by atoms with Crippen molar-refractivity contribution >= 4 is 5.91 Å². The third-order valence-corrected chi connectivity index (χ3v) is 5.66. The number of carbonyl (C=O) groups is 1. The molecule has 9 heteroatoms. The van der Waals surface area contributed by atoms with Gasteiger partial charge in [0.2, 0.25) is 5.82 Å². The molecule has 1 aromatic heterocycles. The lowest BCUT2D eigenvalue weighted by molar-refractivity contribution is -0.177. The molecule has 1 N–H and O–H groups in total. The first-order valence-corrected chi connectivity index (χ1v) is 8.35. The highest BCUT2D eigenvalue weighted by atomic mass is 19.4. The highest BCUT2D eigenvalue weighted by Gasteiger charge is 2.58. The first-order valence-electron chi connectivity index (χ1n) is 8.35. The van der Waals surface area contributed by atoms with Crippen molar-refractivity contribution in [1.82, 2.24) is 15.5 Å². The van der Waals surface area contributed by atoms with Crippen LogP contribution < -0.4 is 5.32 Å². The summed E-state index contributed by atoms with van der Waals surface area (Å²) in [5.41, 5.74) is 0.182. The second-order valence-corrected chi connectivity index (χ2v) is 7.39. The molecule has 1 aliphatic carbocycles. The number of carbonyl (C=O) groups excluding carboxylic acids is 1. The van der Waals surface area contributed by atoms with Crippen LogP contribution in [0.3, 0.4) is 0 Å². The van der Waals surface area contributed by atoms with Gasteiger partial charge in [0.15, 0.2) is 0 Å². The van der Waals surface area contributed by atoms with Crippen molar-refractivity contribution in [2.45, 2.75) is 45.0 Å². The van der Waals surface area contributed by atoms with E-state index in [-0.39, 0.29) is 28.8 Å². The number of methoxy groups -OCH3 is 1. The van der Waals surface area contributed by atoms with Gasteiger partial charge in [0.05, 0.1) is 5.60 Å². The lowest BCUT2D eigenvalue weighted by Crippen LogP contribution is -2.68.